The molecule has 1 N–H and O–H groups in total. The van der Waals surface area contributed by atoms with Crippen LogP contribution in [0.4, 0.5) is 11.4 Å². The number of nitro groups is 1. The van der Waals surface area contributed by atoms with Gasteiger partial charge in [0.25, 0.3) is 11.6 Å². The van der Waals surface area contributed by atoms with Crippen molar-refractivity contribution in [1.29, 1.82) is 0 Å². The van der Waals surface area contributed by atoms with Crippen LogP contribution in [0.2, 0.25) is 0 Å². The van der Waals surface area contributed by atoms with E-state index < -0.39 is 4.92 Å². The van der Waals surface area contributed by atoms with Crippen LogP contribution in [0.1, 0.15) is 22.3 Å². The van der Waals surface area contributed by atoms with Gasteiger partial charge >= 0.3 is 0 Å². The number of hydrogen-bond donors (Lipinski definition) is 1. The molecule has 2 aromatic rings. The van der Waals surface area contributed by atoms with Crippen LogP contribution in [-0.4, -0.2) is 17.4 Å². The van der Waals surface area contributed by atoms with Gasteiger partial charge in [-0.25, -0.2) is 0 Å². The SMILES string of the molecule is Cc1cc(C)c(C)c(OCC(=O)Nc2cc([N+](=O)[O-])ccc2C)c1. The number of aryl methyl sites for hydroxylation is 3. The van der Waals surface area contributed by atoms with Crippen molar-refractivity contribution < 1.29 is 14.5 Å². The summed E-state index contributed by atoms with van der Waals surface area (Å²) in [5.74, 6) is 0.301. The summed E-state index contributed by atoms with van der Waals surface area (Å²) in [5.41, 5.74) is 4.23. The predicted molar refractivity (Wildman–Crippen MR) is 92.6 cm³/mol. The summed E-state index contributed by atoms with van der Waals surface area (Å²) >= 11 is 0. The fourth-order valence-corrected chi connectivity index (χ4v) is 2.34. The third-order valence-electron chi connectivity index (χ3n) is 3.83. The molecule has 6 heteroatoms. The van der Waals surface area contributed by atoms with E-state index in [0.717, 1.165) is 22.3 Å². The lowest BCUT2D eigenvalue weighted by Gasteiger charge is -2.13. The van der Waals surface area contributed by atoms with Crippen LogP contribution in [0.3, 0.4) is 0 Å². The number of nitrogens with one attached hydrogen (secondary N) is 1. The van der Waals surface area contributed by atoms with Gasteiger partial charge in [-0.1, -0.05) is 12.1 Å². The van der Waals surface area contributed by atoms with Gasteiger partial charge in [-0.3, -0.25) is 14.9 Å². The minimum atomic E-state index is -0.496. The Hall–Kier alpha value is -2.89. The fourth-order valence-electron chi connectivity index (χ4n) is 2.34. The molecule has 0 atom stereocenters. The molecule has 2 rings (SSSR count). The van der Waals surface area contributed by atoms with Crippen molar-refractivity contribution in [3.8, 4) is 5.75 Å². The average molecular weight is 328 g/mol. The first-order valence-corrected chi connectivity index (χ1v) is 7.53. The van der Waals surface area contributed by atoms with E-state index in [-0.39, 0.29) is 18.2 Å². The Bertz CT molecular complexity index is 800. The number of non-ortho nitro benzene ring substituents is 1. The zero-order chi connectivity index (χ0) is 17.9. The molecular weight excluding hydrogens is 308 g/mol. The summed E-state index contributed by atoms with van der Waals surface area (Å²) < 4.78 is 5.60. The number of nitro benzene ring substituents is 1. The quantitative estimate of drug-likeness (QED) is 0.668. The van der Waals surface area contributed by atoms with Gasteiger partial charge in [-0.15, -0.1) is 0 Å². The zero-order valence-corrected chi connectivity index (χ0v) is 14.2. The van der Waals surface area contributed by atoms with Crippen molar-refractivity contribution in [2.75, 3.05) is 11.9 Å². The molecule has 0 aliphatic rings. The summed E-state index contributed by atoms with van der Waals surface area (Å²) in [4.78, 5) is 22.4. The topological polar surface area (TPSA) is 81.5 Å². The van der Waals surface area contributed by atoms with E-state index in [4.69, 9.17) is 4.74 Å². The molecule has 0 bridgehead atoms. The Kier molecular flexibility index (Phi) is 5.18. The molecule has 0 aliphatic carbocycles. The van der Waals surface area contributed by atoms with Crippen LogP contribution in [0.15, 0.2) is 30.3 Å². The Balaban J connectivity index is 2.07. The van der Waals surface area contributed by atoms with Crippen molar-refractivity contribution in [2.45, 2.75) is 27.7 Å². The van der Waals surface area contributed by atoms with Crippen LogP contribution < -0.4 is 10.1 Å². The first-order valence-electron chi connectivity index (χ1n) is 7.53. The van der Waals surface area contributed by atoms with Crippen molar-refractivity contribution in [3.63, 3.8) is 0 Å². The standard InChI is InChI=1S/C18H20N2O4/c1-11-7-13(3)14(4)17(8-11)24-10-18(21)19-16-9-15(20(22)23)6-5-12(16)2/h5-9H,10H2,1-4H3,(H,19,21). The molecule has 0 aliphatic heterocycles. The smallest absolute Gasteiger partial charge is 0.271 e. The van der Waals surface area contributed by atoms with Gasteiger partial charge in [-0.2, -0.15) is 0 Å². The largest absolute Gasteiger partial charge is 0.483 e. The lowest BCUT2D eigenvalue weighted by Crippen LogP contribution is -2.21. The Morgan fingerprint density at radius 3 is 2.50 bits per heavy atom. The van der Waals surface area contributed by atoms with Crippen LogP contribution in [0.25, 0.3) is 0 Å². The van der Waals surface area contributed by atoms with Gasteiger partial charge in [0.15, 0.2) is 6.61 Å². The van der Waals surface area contributed by atoms with Crippen LogP contribution in [-0.2, 0) is 4.79 Å². The number of benzene rings is 2. The van der Waals surface area contributed by atoms with Crippen molar-refractivity contribution >= 4 is 17.3 Å². The van der Waals surface area contributed by atoms with Gasteiger partial charge in [0.1, 0.15) is 5.75 Å². The number of hydrogen-bond acceptors (Lipinski definition) is 4. The van der Waals surface area contributed by atoms with E-state index in [2.05, 4.69) is 11.4 Å². The number of rotatable bonds is 5. The van der Waals surface area contributed by atoms with E-state index in [0.29, 0.717) is 11.4 Å². The van der Waals surface area contributed by atoms with Crippen molar-refractivity contribution in [3.05, 3.63) is 62.7 Å². The summed E-state index contributed by atoms with van der Waals surface area (Å²) in [6.07, 6.45) is 0. The molecule has 0 heterocycles. The maximum atomic E-state index is 12.1. The molecule has 126 valence electrons. The van der Waals surface area contributed by atoms with Crippen LogP contribution in [0.5, 0.6) is 5.75 Å². The molecule has 2 aromatic carbocycles. The highest BCUT2D eigenvalue weighted by atomic mass is 16.6. The Labute approximate surface area is 140 Å². The number of ether oxygens (including phenoxy) is 1. The number of carbonyl (C=O) groups is 1. The van der Waals surface area contributed by atoms with Crippen molar-refractivity contribution in [2.24, 2.45) is 0 Å². The molecular formula is C18H20N2O4. The second-order valence-electron chi connectivity index (χ2n) is 5.80. The molecule has 0 saturated carbocycles. The maximum Gasteiger partial charge on any atom is 0.271 e. The molecule has 0 unspecified atom stereocenters. The summed E-state index contributed by atoms with van der Waals surface area (Å²) in [6.45, 7) is 7.50. The summed E-state index contributed by atoms with van der Waals surface area (Å²) in [7, 11) is 0. The Morgan fingerprint density at radius 1 is 1.12 bits per heavy atom. The molecule has 0 spiro atoms. The number of carbonyl (C=O) groups excluding carboxylic acids is 1. The highest BCUT2D eigenvalue weighted by molar-refractivity contribution is 5.93. The first-order chi connectivity index (χ1) is 11.3. The van der Waals surface area contributed by atoms with E-state index in [1.54, 1.807) is 13.0 Å². The molecule has 6 nitrogen and oxygen atoms in total. The third-order valence-corrected chi connectivity index (χ3v) is 3.83. The first kappa shape index (κ1) is 17.5. The normalized spacial score (nSPS) is 10.3. The number of nitrogens with zero attached hydrogens (tertiary/aromatic N) is 1. The minimum Gasteiger partial charge on any atom is -0.483 e. The van der Waals surface area contributed by atoms with Gasteiger partial charge in [0, 0.05) is 12.1 Å². The van der Waals surface area contributed by atoms with Gasteiger partial charge in [0.2, 0.25) is 0 Å². The van der Waals surface area contributed by atoms with E-state index >= 15 is 0 Å². The average Bonchev–Trinajstić information content (AvgIpc) is 2.51. The summed E-state index contributed by atoms with van der Waals surface area (Å²) in [5, 5.41) is 13.5. The second-order valence-corrected chi connectivity index (χ2v) is 5.80. The number of amides is 1. The third kappa shape index (κ3) is 4.10. The monoisotopic (exact) mass is 328 g/mol. The maximum absolute atomic E-state index is 12.1. The molecule has 0 fully saturated rings. The second kappa shape index (κ2) is 7.12. The highest BCUT2D eigenvalue weighted by Crippen LogP contribution is 2.24. The number of anilines is 1. The summed E-state index contributed by atoms with van der Waals surface area (Å²) in [6, 6.07) is 8.28. The van der Waals surface area contributed by atoms with E-state index in [9.17, 15) is 14.9 Å². The van der Waals surface area contributed by atoms with Crippen LogP contribution >= 0.6 is 0 Å². The Morgan fingerprint density at radius 2 is 1.83 bits per heavy atom. The molecule has 0 aromatic heterocycles. The lowest BCUT2D eigenvalue weighted by molar-refractivity contribution is -0.384. The molecule has 1 amide bonds. The van der Waals surface area contributed by atoms with Gasteiger partial charge in [-0.05, 0) is 56.0 Å². The fraction of sp³-hybridized carbons (Fsp3) is 0.278. The zero-order valence-electron chi connectivity index (χ0n) is 14.2. The molecule has 24 heavy (non-hydrogen) atoms. The lowest BCUT2D eigenvalue weighted by atomic mass is 10.1. The van der Waals surface area contributed by atoms with E-state index in [1.165, 1.54) is 12.1 Å². The molecule has 0 radical (unpaired) electrons. The van der Waals surface area contributed by atoms with Crippen LogP contribution in [0, 0.1) is 37.8 Å². The van der Waals surface area contributed by atoms with Crippen molar-refractivity contribution in [1.82, 2.24) is 0 Å². The van der Waals surface area contributed by atoms with E-state index in [1.807, 2.05) is 26.8 Å². The van der Waals surface area contributed by atoms with Gasteiger partial charge in [0.05, 0.1) is 10.6 Å². The van der Waals surface area contributed by atoms with Gasteiger partial charge < -0.3 is 10.1 Å². The minimum absolute atomic E-state index is 0.0676. The predicted octanol–water partition coefficient (Wildman–Crippen LogP) is 3.85. The highest BCUT2D eigenvalue weighted by Gasteiger charge is 2.12. The molecule has 0 saturated heterocycles.